The van der Waals surface area contributed by atoms with E-state index >= 15 is 0 Å². The van der Waals surface area contributed by atoms with Gasteiger partial charge in [-0.05, 0) is 48.4 Å². The van der Waals surface area contributed by atoms with E-state index in [4.69, 9.17) is 4.84 Å². The van der Waals surface area contributed by atoms with E-state index < -0.39 is 0 Å². The highest BCUT2D eigenvalue weighted by Crippen LogP contribution is 2.15. The highest BCUT2D eigenvalue weighted by molar-refractivity contribution is 6.03. The number of hydrogen-bond acceptors (Lipinski definition) is 4. The smallest absolute Gasteiger partial charge is 0.173 e. The molecule has 0 saturated carbocycles. The molecule has 0 bridgehead atoms. The molecule has 2 aromatic carbocycles. The van der Waals surface area contributed by atoms with Gasteiger partial charge in [-0.1, -0.05) is 54.6 Å². The Hall–Kier alpha value is -2.74. The van der Waals surface area contributed by atoms with Crippen molar-refractivity contribution in [3.63, 3.8) is 0 Å². The third kappa shape index (κ3) is 5.66. The van der Waals surface area contributed by atoms with Gasteiger partial charge in [0.15, 0.2) is 12.0 Å². The van der Waals surface area contributed by atoms with Gasteiger partial charge in [-0.2, -0.15) is 10.7 Å². The maximum atomic E-state index is 12.3. The SMILES string of the molecule is N#C/C(=C\c1ccc(CCC2NO2)cc1)C(=O)CCCc1ccccc1. The maximum Gasteiger partial charge on any atom is 0.173 e. The molecule has 4 nitrogen and oxygen atoms in total. The summed E-state index contributed by atoms with van der Waals surface area (Å²) in [6, 6.07) is 20.1. The molecule has 0 radical (unpaired) electrons. The van der Waals surface area contributed by atoms with Crippen molar-refractivity contribution in [2.45, 2.75) is 38.3 Å². The molecule has 1 saturated heterocycles. The van der Waals surface area contributed by atoms with Crippen molar-refractivity contribution >= 4 is 11.9 Å². The van der Waals surface area contributed by atoms with Gasteiger partial charge in [0.05, 0.1) is 5.57 Å². The van der Waals surface area contributed by atoms with E-state index in [-0.39, 0.29) is 17.6 Å². The molecular formula is C22H22N2O2. The molecule has 2 aromatic rings. The molecule has 0 spiro atoms. The number of rotatable bonds is 9. The standard InChI is InChI=1S/C22H22N2O2/c23-16-20(21(25)8-4-7-17-5-2-1-3-6-17)15-19-11-9-18(10-12-19)13-14-22-24-26-22/h1-3,5-6,9-12,15,22,24H,4,7-8,13-14H2/b20-15+. The largest absolute Gasteiger partial charge is 0.293 e. The van der Waals surface area contributed by atoms with Crippen molar-refractivity contribution < 1.29 is 9.63 Å². The average Bonchev–Trinajstić information content (AvgIpc) is 3.50. The minimum Gasteiger partial charge on any atom is -0.293 e. The minimum absolute atomic E-state index is 0.0931. The number of carbonyl (C=O) groups is 1. The first-order valence-electron chi connectivity index (χ1n) is 8.93. The number of carbonyl (C=O) groups excluding carboxylic acids is 1. The monoisotopic (exact) mass is 346 g/mol. The van der Waals surface area contributed by atoms with Gasteiger partial charge in [0.1, 0.15) is 6.07 Å². The van der Waals surface area contributed by atoms with Crippen molar-refractivity contribution in [1.29, 1.82) is 5.26 Å². The van der Waals surface area contributed by atoms with Crippen LogP contribution < -0.4 is 5.48 Å². The second kappa shape index (κ2) is 9.10. The Morgan fingerprint density at radius 3 is 2.42 bits per heavy atom. The molecule has 1 unspecified atom stereocenters. The average molecular weight is 346 g/mol. The molecule has 1 fully saturated rings. The number of hydroxylamine groups is 1. The Balaban J connectivity index is 1.52. The molecule has 1 aliphatic rings. The number of nitrogens with one attached hydrogen (secondary N) is 1. The zero-order chi connectivity index (χ0) is 18.2. The Morgan fingerprint density at radius 1 is 1.08 bits per heavy atom. The van der Waals surface area contributed by atoms with Crippen molar-refractivity contribution in [1.82, 2.24) is 5.48 Å². The van der Waals surface area contributed by atoms with Gasteiger partial charge in [-0.25, -0.2) is 0 Å². The van der Waals surface area contributed by atoms with E-state index in [1.165, 1.54) is 11.1 Å². The first-order chi connectivity index (χ1) is 12.7. The van der Waals surface area contributed by atoms with Crippen molar-refractivity contribution in [3.05, 3.63) is 76.9 Å². The van der Waals surface area contributed by atoms with Crippen molar-refractivity contribution in [2.24, 2.45) is 0 Å². The zero-order valence-corrected chi connectivity index (χ0v) is 14.7. The Kier molecular flexibility index (Phi) is 6.32. The molecular weight excluding hydrogens is 324 g/mol. The molecule has 0 aromatic heterocycles. The van der Waals surface area contributed by atoms with Crippen LogP contribution in [0.5, 0.6) is 0 Å². The number of benzene rings is 2. The fourth-order valence-corrected chi connectivity index (χ4v) is 2.82. The molecule has 26 heavy (non-hydrogen) atoms. The number of aryl methyl sites for hydroxylation is 2. The summed E-state index contributed by atoms with van der Waals surface area (Å²) in [4.78, 5) is 17.3. The molecule has 132 valence electrons. The third-order valence-corrected chi connectivity index (χ3v) is 4.40. The highest BCUT2D eigenvalue weighted by atomic mass is 16.8. The second-order valence-corrected chi connectivity index (χ2v) is 6.44. The van der Waals surface area contributed by atoms with Crippen molar-refractivity contribution in [2.75, 3.05) is 0 Å². The van der Waals surface area contributed by atoms with E-state index in [0.29, 0.717) is 6.42 Å². The summed E-state index contributed by atoms with van der Waals surface area (Å²) in [5.41, 5.74) is 6.34. The molecule has 1 heterocycles. The quantitative estimate of drug-likeness (QED) is 0.423. The lowest BCUT2D eigenvalue weighted by Crippen LogP contribution is -2.02. The lowest BCUT2D eigenvalue weighted by Gasteiger charge is -2.03. The number of nitriles is 1. The summed E-state index contributed by atoms with van der Waals surface area (Å²) >= 11 is 0. The van der Waals surface area contributed by atoms with Crippen LogP contribution in [-0.4, -0.2) is 12.0 Å². The van der Waals surface area contributed by atoms with Gasteiger partial charge in [-0.15, -0.1) is 0 Å². The third-order valence-electron chi connectivity index (χ3n) is 4.40. The van der Waals surface area contributed by atoms with E-state index in [1.807, 2.05) is 48.5 Å². The van der Waals surface area contributed by atoms with Crippen LogP contribution in [0.4, 0.5) is 0 Å². The van der Waals surface area contributed by atoms with E-state index in [9.17, 15) is 10.1 Å². The minimum atomic E-state index is -0.0931. The highest BCUT2D eigenvalue weighted by Gasteiger charge is 2.20. The van der Waals surface area contributed by atoms with Crippen LogP contribution in [-0.2, 0) is 22.5 Å². The molecule has 0 aliphatic carbocycles. The van der Waals surface area contributed by atoms with Crippen LogP contribution in [0.2, 0.25) is 0 Å². The van der Waals surface area contributed by atoms with Gasteiger partial charge in [0.25, 0.3) is 0 Å². The normalized spacial score (nSPS) is 16.1. The van der Waals surface area contributed by atoms with Gasteiger partial charge < -0.3 is 0 Å². The molecule has 1 N–H and O–H groups in total. The summed E-state index contributed by atoms with van der Waals surface area (Å²) in [6.07, 6.45) is 5.73. The fraction of sp³-hybridized carbons (Fsp3) is 0.273. The lowest BCUT2D eigenvalue weighted by molar-refractivity contribution is -0.115. The summed E-state index contributed by atoms with van der Waals surface area (Å²) < 4.78 is 0. The summed E-state index contributed by atoms with van der Waals surface area (Å²) in [5, 5.41) is 9.32. The Morgan fingerprint density at radius 2 is 1.77 bits per heavy atom. The van der Waals surface area contributed by atoms with E-state index in [1.54, 1.807) is 6.08 Å². The molecule has 0 amide bonds. The van der Waals surface area contributed by atoms with Crippen LogP contribution in [0.1, 0.15) is 36.0 Å². The number of Topliss-reactive ketones (excluding diaryl/α,β-unsaturated/α-hetero) is 1. The van der Waals surface area contributed by atoms with Crippen LogP contribution in [0.3, 0.4) is 0 Å². The molecule has 1 atom stereocenters. The second-order valence-electron chi connectivity index (χ2n) is 6.44. The van der Waals surface area contributed by atoms with Crippen LogP contribution >= 0.6 is 0 Å². The number of nitrogens with zero attached hydrogens (tertiary/aromatic N) is 1. The maximum absolute atomic E-state index is 12.3. The van der Waals surface area contributed by atoms with Crippen molar-refractivity contribution in [3.8, 4) is 6.07 Å². The molecule has 1 aliphatic heterocycles. The predicted octanol–water partition coefficient (Wildman–Crippen LogP) is 3.98. The van der Waals surface area contributed by atoms with Gasteiger partial charge >= 0.3 is 0 Å². The first-order valence-corrected chi connectivity index (χ1v) is 8.93. The number of ketones is 1. The van der Waals surface area contributed by atoms with Crippen LogP contribution in [0.15, 0.2) is 60.2 Å². The van der Waals surface area contributed by atoms with Crippen LogP contribution in [0.25, 0.3) is 6.08 Å². The number of hydrogen-bond donors (Lipinski definition) is 1. The Bertz CT molecular complexity index is 800. The zero-order valence-electron chi connectivity index (χ0n) is 14.7. The molecule has 4 heteroatoms. The number of allylic oxidation sites excluding steroid dienone is 1. The summed E-state index contributed by atoms with van der Waals surface area (Å²) in [6.45, 7) is 0. The van der Waals surface area contributed by atoms with Crippen LogP contribution in [0, 0.1) is 11.3 Å². The van der Waals surface area contributed by atoms with Gasteiger partial charge in [-0.3, -0.25) is 9.63 Å². The van der Waals surface area contributed by atoms with Gasteiger partial charge in [0, 0.05) is 6.42 Å². The predicted molar refractivity (Wildman–Crippen MR) is 101 cm³/mol. The molecule has 3 rings (SSSR count). The lowest BCUT2D eigenvalue weighted by atomic mass is 10.0. The summed E-state index contributed by atoms with van der Waals surface area (Å²) in [5.74, 6) is -0.0931. The van der Waals surface area contributed by atoms with E-state index in [2.05, 4.69) is 17.6 Å². The fourth-order valence-electron chi connectivity index (χ4n) is 2.82. The Labute approximate surface area is 154 Å². The van der Waals surface area contributed by atoms with Gasteiger partial charge in [0.2, 0.25) is 0 Å². The topological polar surface area (TPSA) is 75.3 Å². The first kappa shape index (κ1) is 18.1. The summed E-state index contributed by atoms with van der Waals surface area (Å²) in [7, 11) is 0. The van der Waals surface area contributed by atoms with E-state index in [0.717, 1.165) is 31.2 Å².